The molecule has 0 aliphatic rings. The highest BCUT2D eigenvalue weighted by atomic mass is 31.1. The van der Waals surface area contributed by atoms with Gasteiger partial charge in [0.1, 0.15) is 0 Å². The molecule has 2 nitrogen and oxygen atoms in total. The third-order valence-corrected chi connectivity index (χ3v) is 6.70. The van der Waals surface area contributed by atoms with Crippen molar-refractivity contribution >= 4 is 24.5 Å². The Morgan fingerprint density at radius 3 is 1.71 bits per heavy atom. The molecule has 0 aliphatic heterocycles. The quantitative estimate of drug-likeness (QED) is 0.827. The second-order valence-electron chi connectivity index (χ2n) is 5.45. The second-order valence-corrected chi connectivity index (χ2v) is 7.89. The Hall–Kier alpha value is -1.66. The van der Waals surface area contributed by atoms with E-state index in [4.69, 9.17) is 0 Å². The van der Waals surface area contributed by atoms with E-state index in [0.29, 0.717) is 5.92 Å². The summed E-state index contributed by atoms with van der Waals surface area (Å²) in [6.45, 7) is 4.24. The molecule has 0 aliphatic carbocycles. The molecule has 0 radical (unpaired) electrons. The molecule has 21 heavy (non-hydrogen) atoms. The van der Waals surface area contributed by atoms with Crippen molar-refractivity contribution in [2.24, 2.45) is 5.92 Å². The second kappa shape index (κ2) is 7.38. The number of aliphatic carboxylic acids is 1. The third kappa shape index (κ3) is 4.15. The van der Waals surface area contributed by atoms with Crippen molar-refractivity contribution in [2.75, 3.05) is 0 Å². The van der Waals surface area contributed by atoms with Crippen molar-refractivity contribution in [3.8, 4) is 0 Å². The maximum Gasteiger partial charge on any atom is 0.304 e. The third-order valence-electron chi connectivity index (χ3n) is 3.55. The predicted molar refractivity (Wildman–Crippen MR) is 90.0 cm³/mol. The summed E-state index contributed by atoms with van der Waals surface area (Å²) >= 11 is 0. The monoisotopic (exact) mass is 300 g/mol. The van der Waals surface area contributed by atoms with Crippen LogP contribution in [-0.4, -0.2) is 16.7 Å². The number of carboxylic acids is 1. The maximum absolute atomic E-state index is 11.3. The molecule has 0 saturated heterocycles. The van der Waals surface area contributed by atoms with Crippen LogP contribution in [0.25, 0.3) is 0 Å². The molecule has 2 aromatic rings. The number of benzene rings is 2. The first-order chi connectivity index (χ1) is 10.1. The lowest BCUT2D eigenvalue weighted by Gasteiger charge is -2.30. The largest absolute Gasteiger partial charge is 0.481 e. The highest BCUT2D eigenvalue weighted by Crippen LogP contribution is 2.44. The first kappa shape index (κ1) is 15.7. The Morgan fingerprint density at radius 2 is 1.38 bits per heavy atom. The van der Waals surface area contributed by atoms with Crippen molar-refractivity contribution in [2.45, 2.75) is 25.9 Å². The van der Waals surface area contributed by atoms with Crippen LogP contribution in [0.5, 0.6) is 0 Å². The highest BCUT2D eigenvalue weighted by Gasteiger charge is 2.29. The van der Waals surface area contributed by atoms with Crippen LogP contribution in [0, 0.1) is 5.92 Å². The minimum Gasteiger partial charge on any atom is -0.481 e. The van der Waals surface area contributed by atoms with Crippen LogP contribution < -0.4 is 10.6 Å². The Balaban J connectivity index is 2.47. The first-order valence-electron chi connectivity index (χ1n) is 7.20. The smallest absolute Gasteiger partial charge is 0.304 e. The lowest BCUT2D eigenvalue weighted by Crippen LogP contribution is -2.27. The van der Waals surface area contributed by atoms with Gasteiger partial charge in [-0.1, -0.05) is 74.5 Å². The van der Waals surface area contributed by atoms with E-state index >= 15 is 0 Å². The fourth-order valence-corrected chi connectivity index (χ4v) is 5.50. The lowest BCUT2D eigenvalue weighted by molar-refractivity contribution is -0.137. The van der Waals surface area contributed by atoms with E-state index in [1.807, 2.05) is 36.4 Å². The average molecular weight is 300 g/mol. The van der Waals surface area contributed by atoms with Crippen LogP contribution in [0.3, 0.4) is 0 Å². The Kier molecular flexibility index (Phi) is 5.52. The number of carbonyl (C=O) groups is 1. The van der Waals surface area contributed by atoms with Crippen LogP contribution in [0.1, 0.15) is 20.3 Å². The van der Waals surface area contributed by atoms with Crippen molar-refractivity contribution in [1.29, 1.82) is 0 Å². The molecule has 0 aromatic heterocycles. The van der Waals surface area contributed by atoms with Crippen LogP contribution >= 0.6 is 7.92 Å². The number of rotatable bonds is 6. The molecule has 0 bridgehead atoms. The van der Waals surface area contributed by atoms with Gasteiger partial charge in [-0.05, 0) is 30.1 Å². The molecule has 0 fully saturated rings. The Bertz CT molecular complexity index is 527. The molecular formula is C18H21O2P. The van der Waals surface area contributed by atoms with Gasteiger partial charge in [-0.2, -0.15) is 0 Å². The van der Waals surface area contributed by atoms with E-state index in [1.54, 1.807) is 0 Å². The van der Waals surface area contributed by atoms with E-state index in [1.165, 1.54) is 10.6 Å². The molecule has 0 unspecified atom stereocenters. The maximum atomic E-state index is 11.3. The van der Waals surface area contributed by atoms with Crippen LogP contribution in [0.2, 0.25) is 0 Å². The summed E-state index contributed by atoms with van der Waals surface area (Å²) in [5.74, 6) is -0.388. The summed E-state index contributed by atoms with van der Waals surface area (Å²) < 4.78 is 0. The standard InChI is InChI=1S/C18H21O2P/c1-14(2)17(13-18(19)20)21(15-9-5-3-6-10-15)16-11-7-4-8-12-16/h3-12,14,17H,13H2,1-2H3,(H,19,20)/t17-/m1/s1. The van der Waals surface area contributed by atoms with E-state index in [-0.39, 0.29) is 12.1 Å². The van der Waals surface area contributed by atoms with Crippen LogP contribution in [0.4, 0.5) is 0 Å². The van der Waals surface area contributed by atoms with E-state index in [2.05, 4.69) is 38.1 Å². The van der Waals surface area contributed by atoms with E-state index in [0.717, 1.165) is 0 Å². The highest BCUT2D eigenvalue weighted by molar-refractivity contribution is 7.73. The molecular weight excluding hydrogens is 279 g/mol. The topological polar surface area (TPSA) is 37.3 Å². The molecule has 110 valence electrons. The van der Waals surface area contributed by atoms with Gasteiger partial charge in [0, 0.05) is 0 Å². The van der Waals surface area contributed by atoms with Crippen molar-refractivity contribution in [3.05, 3.63) is 60.7 Å². The Labute approximate surface area is 127 Å². The van der Waals surface area contributed by atoms with Crippen molar-refractivity contribution in [1.82, 2.24) is 0 Å². The van der Waals surface area contributed by atoms with Crippen LogP contribution in [0.15, 0.2) is 60.7 Å². The molecule has 0 amide bonds. The molecule has 0 saturated carbocycles. The van der Waals surface area contributed by atoms with Gasteiger partial charge in [-0.3, -0.25) is 4.79 Å². The summed E-state index contributed by atoms with van der Waals surface area (Å²) in [6, 6.07) is 20.6. The first-order valence-corrected chi connectivity index (χ1v) is 8.62. The van der Waals surface area contributed by atoms with Gasteiger partial charge in [-0.15, -0.1) is 0 Å². The van der Waals surface area contributed by atoms with Gasteiger partial charge in [0.25, 0.3) is 0 Å². The van der Waals surface area contributed by atoms with Gasteiger partial charge in [0.15, 0.2) is 0 Å². The number of hydrogen-bond donors (Lipinski definition) is 1. The number of hydrogen-bond acceptors (Lipinski definition) is 1. The minimum absolute atomic E-state index is 0.141. The summed E-state index contributed by atoms with van der Waals surface area (Å²) in [6.07, 6.45) is 0.215. The zero-order chi connectivity index (χ0) is 15.2. The molecule has 1 atom stereocenters. The van der Waals surface area contributed by atoms with Gasteiger partial charge >= 0.3 is 5.97 Å². The lowest BCUT2D eigenvalue weighted by atomic mass is 10.1. The molecule has 1 N–H and O–H groups in total. The van der Waals surface area contributed by atoms with Gasteiger partial charge in [0.05, 0.1) is 6.42 Å². The summed E-state index contributed by atoms with van der Waals surface area (Å²) in [5.41, 5.74) is 0.141. The fourth-order valence-electron chi connectivity index (χ4n) is 2.51. The van der Waals surface area contributed by atoms with Gasteiger partial charge in [-0.25, -0.2) is 0 Å². The van der Waals surface area contributed by atoms with Crippen LogP contribution in [-0.2, 0) is 4.79 Å². The number of carboxylic acid groups (broad SMARTS) is 1. The van der Waals surface area contributed by atoms with E-state index < -0.39 is 13.9 Å². The molecule has 0 spiro atoms. The van der Waals surface area contributed by atoms with Crippen molar-refractivity contribution < 1.29 is 9.90 Å². The van der Waals surface area contributed by atoms with Gasteiger partial charge < -0.3 is 5.11 Å². The minimum atomic E-state index is -0.715. The molecule has 3 heteroatoms. The zero-order valence-electron chi connectivity index (χ0n) is 12.4. The predicted octanol–water partition coefficient (Wildman–Crippen LogP) is 3.62. The van der Waals surface area contributed by atoms with Crippen molar-refractivity contribution in [3.63, 3.8) is 0 Å². The summed E-state index contributed by atoms with van der Waals surface area (Å²) in [5, 5.41) is 11.8. The SMILES string of the molecule is CC(C)[C@@H](CC(=O)O)P(c1ccccc1)c1ccccc1. The van der Waals surface area contributed by atoms with E-state index in [9.17, 15) is 9.90 Å². The molecule has 2 rings (SSSR count). The Morgan fingerprint density at radius 1 is 0.952 bits per heavy atom. The van der Waals surface area contributed by atoms with Gasteiger partial charge in [0.2, 0.25) is 0 Å². The summed E-state index contributed by atoms with van der Waals surface area (Å²) in [7, 11) is -0.667. The molecule has 0 heterocycles. The fraction of sp³-hybridized carbons (Fsp3) is 0.278. The normalized spacial score (nSPS) is 12.6. The molecule has 2 aromatic carbocycles. The summed E-state index contributed by atoms with van der Waals surface area (Å²) in [4.78, 5) is 11.3. The average Bonchev–Trinajstić information content (AvgIpc) is 2.48. The zero-order valence-corrected chi connectivity index (χ0v) is 13.3.